The number of benzene rings is 3. The van der Waals surface area contributed by atoms with Gasteiger partial charge in [-0.05, 0) is 73.3 Å². The molecule has 0 spiro atoms. The highest BCUT2D eigenvalue weighted by Crippen LogP contribution is 2.40. The number of carbonyl (C=O) groups is 3. The normalized spacial score (nSPS) is 15.8. The van der Waals surface area contributed by atoms with E-state index in [-0.39, 0.29) is 43.0 Å². The number of carbonyl (C=O) groups excluding carboxylic acids is 3. The van der Waals surface area contributed by atoms with Gasteiger partial charge in [0.05, 0.1) is 24.3 Å². The van der Waals surface area contributed by atoms with Crippen LogP contribution in [0.2, 0.25) is 0 Å². The second-order valence-electron chi connectivity index (χ2n) is 15.1. The van der Waals surface area contributed by atoms with E-state index in [1.807, 2.05) is 100 Å². The minimum Gasteiger partial charge on any atom is -0.393 e. The van der Waals surface area contributed by atoms with Crippen molar-refractivity contribution in [1.29, 1.82) is 0 Å². The molecule has 3 aromatic carbocycles. The third kappa shape index (κ3) is 11.3. The Labute approximate surface area is 305 Å². The van der Waals surface area contributed by atoms with Gasteiger partial charge in [-0.2, -0.15) is 0 Å². The monoisotopic (exact) mass is 702 g/mol. The molecule has 3 aromatic rings. The number of hydrogen-bond acceptors (Lipinski definition) is 6. The first kappa shape index (κ1) is 41.6. The summed E-state index contributed by atoms with van der Waals surface area (Å²) in [5.74, 6) is -1.34. The van der Waals surface area contributed by atoms with E-state index < -0.39 is 41.7 Å². The highest BCUT2D eigenvalue weighted by molar-refractivity contribution is 5.99. The predicted molar refractivity (Wildman–Crippen MR) is 205 cm³/mol. The molecule has 280 valence electrons. The van der Waals surface area contributed by atoms with Crippen molar-refractivity contribution in [3.05, 3.63) is 83.9 Å². The molecule has 0 saturated heterocycles. The molecule has 6 atom stereocenters. The Morgan fingerprint density at radius 2 is 1.47 bits per heavy atom. The molecule has 9 heteroatoms. The Kier molecular flexibility index (Phi) is 16.1. The van der Waals surface area contributed by atoms with E-state index in [4.69, 9.17) is 5.73 Å². The van der Waals surface area contributed by atoms with E-state index in [0.717, 1.165) is 22.8 Å². The van der Waals surface area contributed by atoms with Crippen LogP contribution in [0.1, 0.15) is 98.1 Å². The minimum absolute atomic E-state index is 0.0508. The van der Waals surface area contributed by atoms with Gasteiger partial charge in [0.2, 0.25) is 11.8 Å². The van der Waals surface area contributed by atoms with Crippen molar-refractivity contribution in [2.24, 2.45) is 23.5 Å². The fourth-order valence-corrected chi connectivity index (χ4v) is 6.94. The molecule has 3 rings (SSSR count). The van der Waals surface area contributed by atoms with Gasteiger partial charge in [0.15, 0.2) is 0 Å². The molecule has 0 fully saturated rings. The maximum absolute atomic E-state index is 15.5. The van der Waals surface area contributed by atoms with Gasteiger partial charge >= 0.3 is 0 Å². The van der Waals surface area contributed by atoms with Gasteiger partial charge < -0.3 is 31.5 Å². The maximum Gasteiger partial charge on any atom is 0.250 e. The summed E-state index contributed by atoms with van der Waals surface area (Å²) < 4.78 is 0. The summed E-state index contributed by atoms with van der Waals surface area (Å²) >= 11 is 0. The number of nitrogens with two attached hydrogens (primary N) is 1. The topological polar surface area (TPSA) is 145 Å². The number of aliphatic hydroxyl groups excluding tert-OH is 2. The van der Waals surface area contributed by atoms with E-state index in [1.54, 1.807) is 18.7 Å². The lowest BCUT2D eigenvalue weighted by Gasteiger charge is -2.45. The summed E-state index contributed by atoms with van der Waals surface area (Å²) in [7, 11) is 0. The van der Waals surface area contributed by atoms with Crippen molar-refractivity contribution in [3.63, 3.8) is 0 Å². The third-order valence-electron chi connectivity index (χ3n) is 9.52. The Bertz CT molecular complexity index is 1540. The zero-order valence-electron chi connectivity index (χ0n) is 31.8. The number of amides is 3. The van der Waals surface area contributed by atoms with Crippen LogP contribution < -0.4 is 16.4 Å². The summed E-state index contributed by atoms with van der Waals surface area (Å²) in [5.41, 5.74) is 6.41. The fraction of sp³-hybridized carbons (Fsp3) is 0.548. The van der Waals surface area contributed by atoms with Crippen LogP contribution in [0.25, 0.3) is 10.8 Å². The molecule has 6 N–H and O–H groups in total. The number of unbranched alkanes of at least 4 members (excludes halogenated alkanes) is 1. The largest absolute Gasteiger partial charge is 0.393 e. The van der Waals surface area contributed by atoms with Gasteiger partial charge in [0.25, 0.3) is 5.91 Å². The van der Waals surface area contributed by atoms with Gasteiger partial charge in [-0.3, -0.25) is 14.4 Å². The van der Waals surface area contributed by atoms with Crippen molar-refractivity contribution in [3.8, 4) is 0 Å². The van der Waals surface area contributed by atoms with E-state index in [2.05, 4.69) is 17.6 Å². The molecule has 3 amide bonds. The molecule has 9 nitrogen and oxygen atoms in total. The molecule has 0 aromatic heterocycles. The first-order valence-corrected chi connectivity index (χ1v) is 18.7. The Hall–Kier alpha value is -3.79. The van der Waals surface area contributed by atoms with Crippen LogP contribution in [0, 0.1) is 17.8 Å². The lowest BCUT2D eigenvalue weighted by atomic mass is 9.78. The van der Waals surface area contributed by atoms with Crippen molar-refractivity contribution in [2.45, 2.75) is 123 Å². The number of rotatable bonds is 20. The van der Waals surface area contributed by atoms with Crippen molar-refractivity contribution in [2.75, 3.05) is 6.54 Å². The molecule has 0 aliphatic rings. The third-order valence-corrected chi connectivity index (χ3v) is 9.52. The van der Waals surface area contributed by atoms with Gasteiger partial charge in [-0.25, -0.2) is 0 Å². The SMILES string of the molecule is CCCC[C@](C(=O)N[C@@H](CC(C)C)[C@@H](O)CC(CC(C)O)C(=O)NCC(C)C)(c1cccc2ccccc12)N(Cc1ccccc1)C(=O)[C@H](C)N. The average molecular weight is 703 g/mol. The van der Waals surface area contributed by atoms with Gasteiger partial charge in [0.1, 0.15) is 5.54 Å². The van der Waals surface area contributed by atoms with Gasteiger partial charge in [-0.15, -0.1) is 0 Å². The number of nitrogens with zero attached hydrogens (tertiary/aromatic N) is 1. The van der Waals surface area contributed by atoms with E-state index >= 15 is 4.79 Å². The molecule has 0 heterocycles. The number of nitrogens with one attached hydrogen (secondary N) is 2. The van der Waals surface area contributed by atoms with Crippen LogP contribution in [-0.4, -0.2) is 63.7 Å². The lowest BCUT2D eigenvalue weighted by molar-refractivity contribution is -0.152. The fourth-order valence-electron chi connectivity index (χ4n) is 6.94. The molecular formula is C42H62N4O5. The van der Waals surface area contributed by atoms with Crippen molar-refractivity contribution < 1.29 is 24.6 Å². The van der Waals surface area contributed by atoms with Gasteiger partial charge in [-0.1, -0.05) is 120 Å². The molecule has 0 aliphatic carbocycles. The van der Waals surface area contributed by atoms with Crippen LogP contribution in [0.3, 0.4) is 0 Å². The first-order chi connectivity index (χ1) is 24.2. The van der Waals surface area contributed by atoms with Crippen LogP contribution in [-0.2, 0) is 26.5 Å². The second-order valence-corrected chi connectivity index (χ2v) is 15.1. The molecule has 0 radical (unpaired) electrons. The molecule has 51 heavy (non-hydrogen) atoms. The number of fused-ring (bicyclic) bond motifs is 1. The maximum atomic E-state index is 15.5. The summed E-state index contributed by atoms with van der Waals surface area (Å²) in [6.07, 6.45) is 0.529. The highest BCUT2D eigenvalue weighted by atomic mass is 16.3. The smallest absolute Gasteiger partial charge is 0.250 e. The molecule has 2 unspecified atom stereocenters. The zero-order chi connectivity index (χ0) is 37.7. The van der Waals surface area contributed by atoms with Crippen LogP contribution in [0.4, 0.5) is 0 Å². The van der Waals surface area contributed by atoms with Crippen molar-refractivity contribution in [1.82, 2.24) is 15.5 Å². The first-order valence-electron chi connectivity index (χ1n) is 18.7. The molecular weight excluding hydrogens is 640 g/mol. The summed E-state index contributed by atoms with van der Waals surface area (Å²) in [4.78, 5) is 44.8. The van der Waals surface area contributed by atoms with Crippen LogP contribution in [0.15, 0.2) is 72.8 Å². The molecule has 0 aliphatic heterocycles. The van der Waals surface area contributed by atoms with Crippen molar-refractivity contribution >= 4 is 28.5 Å². The minimum atomic E-state index is -1.50. The Morgan fingerprint density at radius 1 is 0.824 bits per heavy atom. The van der Waals surface area contributed by atoms with Crippen LogP contribution in [0.5, 0.6) is 0 Å². The second kappa shape index (κ2) is 19.7. The average Bonchev–Trinajstić information content (AvgIpc) is 3.09. The van der Waals surface area contributed by atoms with E-state index in [9.17, 15) is 19.8 Å². The highest BCUT2D eigenvalue weighted by Gasteiger charge is 2.49. The van der Waals surface area contributed by atoms with Crippen LogP contribution >= 0.6 is 0 Å². The molecule has 0 bridgehead atoms. The zero-order valence-corrected chi connectivity index (χ0v) is 31.8. The summed E-state index contributed by atoms with van der Waals surface area (Å²) in [6, 6.07) is 21.7. The quantitative estimate of drug-likeness (QED) is 0.0971. The number of hydrogen-bond donors (Lipinski definition) is 5. The number of aliphatic hydroxyl groups is 2. The Morgan fingerprint density at radius 3 is 2.08 bits per heavy atom. The lowest BCUT2D eigenvalue weighted by Crippen LogP contribution is -2.63. The Balaban J connectivity index is 2.23. The summed E-state index contributed by atoms with van der Waals surface area (Å²) in [5, 5.41) is 30.2. The van der Waals surface area contributed by atoms with E-state index in [0.29, 0.717) is 31.4 Å². The standard InChI is InChI=1S/C42H62N4O5/c1-8-9-22-42(36-21-15-19-33-18-13-14-20-35(33)36,46(40(50)31(7)43)27-32-16-11-10-12-17-32)41(51)45-37(23-28(2)3)38(48)25-34(24-30(6)47)39(49)44-26-29(4)5/h10-21,28-31,34,37-38,47-48H,8-9,22-27,43H2,1-7H3,(H,44,49)(H,45,51)/t30?,31-,34?,37-,38-,42+/m0/s1. The molecule has 0 saturated carbocycles. The van der Waals surface area contributed by atoms with Gasteiger partial charge in [0, 0.05) is 19.0 Å². The van der Waals surface area contributed by atoms with E-state index in [1.165, 1.54) is 0 Å². The summed E-state index contributed by atoms with van der Waals surface area (Å²) in [6.45, 7) is 14.0. The predicted octanol–water partition coefficient (Wildman–Crippen LogP) is 6.04.